The van der Waals surface area contributed by atoms with Crippen LogP contribution in [0.2, 0.25) is 5.02 Å². The standard InChI is InChI=1S/C18H24Cl/c19-18-16(14-8-3-1-4-9-14)12-7-13-17(18)15-10-5-2-6-11-15/h7,12,14-15H,1-6,8-11H2. The minimum atomic E-state index is 0.671. The Morgan fingerprint density at radius 2 is 1.42 bits per heavy atom. The molecule has 19 heavy (non-hydrogen) atoms. The van der Waals surface area contributed by atoms with Crippen LogP contribution in [0, 0.1) is 6.07 Å². The molecule has 0 aliphatic heterocycles. The highest BCUT2D eigenvalue weighted by Gasteiger charge is 2.23. The van der Waals surface area contributed by atoms with Crippen molar-refractivity contribution < 1.29 is 0 Å². The predicted octanol–water partition coefficient (Wildman–Crippen LogP) is 6.24. The summed E-state index contributed by atoms with van der Waals surface area (Å²) in [5.41, 5.74) is 2.74. The highest BCUT2D eigenvalue weighted by Crippen LogP contribution is 2.42. The Morgan fingerprint density at radius 3 is 2.05 bits per heavy atom. The van der Waals surface area contributed by atoms with E-state index in [4.69, 9.17) is 11.6 Å². The number of hydrogen-bond donors (Lipinski definition) is 0. The monoisotopic (exact) mass is 275 g/mol. The molecular weight excluding hydrogens is 252 g/mol. The summed E-state index contributed by atoms with van der Waals surface area (Å²) in [6.07, 6.45) is 13.6. The second kappa shape index (κ2) is 6.31. The summed E-state index contributed by atoms with van der Waals surface area (Å²) in [5.74, 6) is 1.38. The van der Waals surface area contributed by atoms with Gasteiger partial charge >= 0.3 is 0 Å². The lowest BCUT2D eigenvalue weighted by Gasteiger charge is -2.27. The van der Waals surface area contributed by atoms with Crippen LogP contribution in [0.3, 0.4) is 0 Å². The van der Waals surface area contributed by atoms with Gasteiger partial charge in [0.1, 0.15) is 0 Å². The molecule has 1 heteroatoms. The van der Waals surface area contributed by atoms with Crippen molar-refractivity contribution in [3.63, 3.8) is 0 Å². The largest absolute Gasteiger partial charge is 0.0837 e. The van der Waals surface area contributed by atoms with E-state index in [1.807, 2.05) is 0 Å². The first-order chi connectivity index (χ1) is 9.36. The topological polar surface area (TPSA) is 0 Å². The molecule has 0 saturated heterocycles. The second-order valence-corrected chi connectivity index (χ2v) is 6.71. The van der Waals surface area contributed by atoms with Crippen molar-refractivity contribution >= 4 is 11.6 Å². The van der Waals surface area contributed by atoms with Crippen molar-refractivity contribution in [2.45, 2.75) is 76.0 Å². The van der Waals surface area contributed by atoms with Crippen LogP contribution in [-0.2, 0) is 0 Å². The van der Waals surface area contributed by atoms with Crippen LogP contribution in [0.4, 0.5) is 0 Å². The van der Waals surface area contributed by atoms with Crippen molar-refractivity contribution in [3.05, 3.63) is 34.3 Å². The third kappa shape index (κ3) is 2.99. The molecule has 2 aliphatic carbocycles. The van der Waals surface area contributed by atoms with Crippen LogP contribution >= 0.6 is 11.6 Å². The van der Waals surface area contributed by atoms with Gasteiger partial charge in [-0.3, -0.25) is 0 Å². The molecule has 1 aromatic rings. The molecule has 0 N–H and O–H groups in total. The van der Waals surface area contributed by atoms with E-state index in [-0.39, 0.29) is 0 Å². The van der Waals surface area contributed by atoms with Crippen LogP contribution in [0.15, 0.2) is 12.1 Å². The van der Waals surface area contributed by atoms with Gasteiger partial charge in [0, 0.05) is 5.02 Å². The fraction of sp³-hybridized carbons (Fsp3) is 0.667. The maximum atomic E-state index is 6.74. The highest BCUT2D eigenvalue weighted by atomic mass is 35.5. The van der Waals surface area contributed by atoms with Crippen molar-refractivity contribution in [3.8, 4) is 0 Å². The van der Waals surface area contributed by atoms with Gasteiger partial charge in [-0.2, -0.15) is 0 Å². The molecule has 2 saturated carbocycles. The number of benzene rings is 1. The zero-order chi connectivity index (χ0) is 13.1. The molecule has 103 valence electrons. The number of hydrogen-bond acceptors (Lipinski definition) is 0. The average Bonchev–Trinajstić information content (AvgIpc) is 2.49. The van der Waals surface area contributed by atoms with Gasteiger partial charge in [0.2, 0.25) is 0 Å². The third-order valence-electron chi connectivity index (χ3n) is 5.05. The Hall–Kier alpha value is -0.490. The Morgan fingerprint density at radius 1 is 0.842 bits per heavy atom. The minimum Gasteiger partial charge on any atom is -0.0837 e. The predicted molar refractivity (Wildman–Crippen MR) is 81.9 cm³/mol. The molecule has 3 rings (SSSR count). The van der Waals surface area contributed by atoms with Crippen molar-refractivity contribution in [1.29, 1.82) is 0 Å². The van der Waals surface area contributed by atoms with Crippen molar-refractivity contribution in [2.75, 3.05) is 0 Å². The van der Waals surface area contributed by atoms with Crippen LogP contribution < -0.4 is 0 Å². The van der Waals surface area contributed by atoms with Gasteiger partial charge in [0.15, 0.2) is 0 Å². The maximum Gasteiger partial charge on any atom is 0.0481 e. The van der Waals surface area contributed by atoms with Crippen LogP contribution in [0.25, 0.3) is 0 Å². The van der Waals surface area contributed by atoms with Crippen LogP contribution in [0.5, 0.6) is 0 Å². The molecule has 2 aliphatic rings. The molecule has 0 bridgehead atoms. The van der Waals surface area contributed by atoms with E-state index in [0.717, 1.165) is 5.02 Å². The van der Waals surface area contributed by atoms with Gasteiger partial charge in [0.25, 0.3) is 0 Å². The maximum absolute atomic E-state index is 6.74. The minimum absolute atomic E-state index is 0.671. The first kappa shape index (κ1) is 13.5. The normalized spacial score (nSPS) is 22.6. The van der Waals surface area contributed by atoms with Crippen molar-refractivity contribution in [1.82, 2.24) is 0 Å². The van der Waals surface area contributed by atoms with E-state index in [1.165, 1.54) is 75.3 Å². The molecule has 0 spiro atoms. The zero-order valence-corrected chi connectivity index (χ0v) is 12.5. The second-order valence-electron chi connectivity index (χ2n) is 6.33. The van der Waals surface area contributed by atoms with Gasteiger partial charge in [0.05, 0.1) is 0 Å². The van der Waals surface area contributed by atoms with E-state index in [1.54, 1.807) is 0 Å². The van der Waals surface area contributed by atoms with Gasteiger partial charge < -0.3 is 0 Å². The van der Waals surface area contributed by atoms with E-state index >= 15 is 0 Å². The van der Waals surface area contributed by atoms with E-state index in [9.17, 15) is 0 Å². The van der Waals surface area contributed by atoms with E-state index in [2.05, 4.69) is 18.2 Å². The molecule has 0 heterocycles. The Balaban J connectivity index is 1.84. The van der Waals surface area contributed by atoms with Gasteiger partial charge in [-0.15, -0.1) is 0 Å². The lowest BCUT2D eigenvalue weighted by molar-refractivity contribution is 0.435. The molecule has 0 nitrogen and oxygen atoms in total. The smallest absolute Gasteiger partial charge is 0.0481 e. The molecule has 1 aromatic carbocycles. The molecular formula is C18H24Cl. The van der Waals surface area contributed by atoms with Gasteiger partial charge in [-0.05, 0) is 54.7 Å². The Kier molecular flexibility index (Phi) is 4.48. The summed E-state index contributed by atoms with van der Waals surface area (Å²) < 4.78 is 0. The number of halogens is 1. The molecule has 0 atom stereocenters. The molecule has 0 amide bonds. The summed E-state index contributed by atoms with van der Waals surface area (Å²) in [6.45, 7) is 0. The van der Waals surface area contributed by atoms with Gasteiger partial charge in [-0.1, -0.05) is 62.3 Å². The summed E-state index contributed by atoms with van der Waals surface area (Å²) in [6, 6.07) is 7.81. The van der Waals surface area contributed by atoms with E-state index in [0.29, 0.717) is 11.8 Å². The first-order valence-corrected chi connectivity index (χ1v) is 8.44. The summed E-state index contributed by atoms with van der Waals surface area (Å²) >= 11 is 6.74. The first-order valence-electron chi connectivity index (χ1n) is 8.06. The third-order valence-corrected chi connectivity index (χ3v) is 5.47. The van der Waals surface area contributed by atoms with Crippen LogP contribution in [0.1, 0.15) is 87.2 Å². The Bertz CT molecular complexity index is 375. The van der Waals surface area contributed by atoms with E-state index < -0.39 is 0 Å². The molecule has 0 unspecified atom stereocenters. The molecule has 0 aromatic heterocycles. The lowest BCUT2D eigenvalue weighted by atomic mass is 9.80. The molecule has 1 radical (unpaired) electrons. The summed E-state index contributed by atoms with van der Waals surface area (Å²) in [7, 11) is 0. The SMILES string of the molecule is Clc1c(C2CCCCC2)[c]ccc1C1CCCCC1. The quantitative estimate of drug-likeness (QED) is 0.600. The summed E-state index contributed by atoms with van der Waals surface area (Å²) in [4.78, 5) is 0. The average molecular weight is 276 g/mol. The van der Waals surface area contributed by atoms with Crippen LogP contribution in [-0.4, -0.2) is 0 Å². The Labute approximate surface area is 122 Å². The number of rotatable bonds is 2. The lowest BCUT2D eigenvalue weighted by Crippen LogP contribution is -2.09. The molecule has 2 fully saturated rings. The zero-order valence-electron chi connectivity index (χ0n) is 11.8. The summed E-state index contributed by atoms with van der Waals surface area (Å²) in [5, 5.41) is 1.06. The van der Waals surface area contributed by atoms with Gasteiger partial charge in [-0.25, -0.2) is 0 Å². The van der Waals surface area contributed by atoms with Crippen molar-refractivity contribution in [2.24, 2.45) is 0 Å². The fourth-order valence-electron chi connectivity index (χ4n) is 3.93. The fourth-order valence-corrected chi connectivity index (χ4v) is 4.36. The highest BCUT2D eigenvalue weighted by molar-refractivity contribution is 6.32.